The van der Waals surface area contributed by atoms with E-state index < -0.39 is 0 Å². The Balaban J connectivity index is 1.70. The Morgan fingerprint density at radius 3 is 3.14 bits per heavy atom. The van der Waals surface area contributed by atoms with Crippen molar-refractivity contribution < 1.29 is 14.4 Å². The highest BCUT2D eigenvalue weighted by molar-refractivity contribution is 7.13. The molecular weight excluding hydrogens is 290 g/mol. The molecule has 2 rings (SSSR count). The van der Waals surface area contributed by atoms with Gasteiger partial charge < -0.3 is 14.9 Å². The van der Waals surface area contributed by atoms with E-state index in [2.05, 4.69) is 15.5 Å². The van der Waals surface area contributed by atoms with Crippen LogP contribution in [0.5, 0.6) is 0 Å². The summed E-state index contributed by atoms with van der Waals surface area (Å²) in [7, 11) is 0. The molecule has 1 unspecified atom stereocenters. The number of hydrogen-bond donors (Lipinski definition) is 2. The molecule has 0 aliphatic heterocycles. The Kier molecular flexibility index (Phi) is 5.89. The van der Waals surface area contributed by atoms with E-state index in [1.165, 1.54) is 0 Å². The third kappa shape index (κ3) is 4.95. The maximum absolute atomic E-state index is 11.6. The lowest BCUT2D eigenvalue weighted by atomic mass is 10.2. The number of thiophene rings is 1. The van der Waals surface area contributed by atoms with Gasteiger partial charge in [-0.2, -0.15) is 4.98 Å². The Hall–Kier alpha value is -1.73. The van der Waals surface area contributed by atoms with Crippen molar-refractivity contribution in [1.82, 2.24) is 15.5 Å². The van der Waals surface area contributed by atoms with E-state index >= 15 is 0 Å². The lowest BCUT2D eigenvalue weighted by molar-refractivity contribution is -0.121. The van der Waals surface area contributed by atoms with Crippen LogP contribution in [0.3, 0.4) is 0 Å². The van der Waals surface area contributed by atoms with Crippen molar-refractivity contribution in [3.05, 3.63) is 23.4 Å². The summed E-state index contributed by atoms with van der Waals surface area (Å²) in [6.45, 7) is 2.46. The zero-order valence-electron chi connectivity index (χ0n) is 11.9. The second-order valence-electron chi connectivity index (χ2n) is 4.93. The number of aryl methyl sites for hydroxylation is 1. The molecule has 0 aliphatic rings. The maximum Gasteiger partial charge on any atom is 0.226 e. The number of aliphatic hydroxyl groups is 1. The minimum atomic E-state index is -0.0201. The van der Waals surface area contributed by atoms with Gasteiger partial charge in [0.1, 0.15) is 0 Å². The zero-order valence-corrected chi connectivity index (χ0v) is 12.7. The number of hydrogen-bond acceptors (Lipinski definition) is 6. The van der Waals surface area contributed by atoms with Crippen LogP contribution in [-0.4, -0.2) is 34.3 Å². The Labute approximate surface area is 127 Å². The monoisotopic (exact) mass is 309 g/mol. The molecule has 0 bridgehead atoms. The van der Waals surface area contributed by atoms with Crippen molar-refractivity contribution >= 4 is 17.2 Å². The van der Waals surface area contributed by atoms with Crippen LogP contribution in [0.2, 0.25) is 0 Å². The largest absolute Gasteiger partial charge is 0.396 e. The predicted octanol–water partition coefficient (Wildman–Crippen LogP) is 1.87. The summed E-state index contributed by atoms with van der Waals surface area (Å²) < 4.78 is 5.17. The lowest BCUT2D eigenvalue weighted by Gasteiger charge is -2.08. The Morgan fingerprint density at radius 2 is 2.43 bits per heavy atom. The summed E-state index contributed by atoms with van der Waals surface area (Å²) >= 11 is 1.56. The predicted molar refractivity (Wildman–Crippen MR) is 79.8 cm³/mol. The fraction of sp³-hybridized carbons (Fsp3) is 0.500. The van der Waals surface area contributed by atoms with E-state index in [0.717, 1.165) is 4.88 Å². The Bertz CT molecular complexity index is 554. The van der Waals surface area contributed by atoms with Gasteiger partial charge in [-0.25, -0.2) is 0 Å². The number of carbonyl (C=O) groups excluding carboxylic acids is 1. The molecule has 0 aliphatic carbocycles. The van der Waals surface area contributed by atoms with Crippen molar-refractivity contribution in [3.8, 4) is 10.7 Å². The van der Waals surface area contributed by atoms with Gasteiger partial charge >= 0.3 is 0 Å². The highest BCUT2D eigenvalue weighted by atomic mass is 32.1. The number of nitrogens with one attached hydrogen (secondary N) is 1. The van der Waals surface area contributed by atoms with E-state index in [4.69, 9.17) is 9.63 Å². The molecule has 1 amide bonds. The average molecular weight is 309 g/mol. The van der Waals surface area contributed by atoms with Crippen LogP contribution < -0.4 is 5.32 Å². The number of aromatic nitrogens is 2. The van der Waals surface area contributed by atoms with E-state index in [9.17, 15) is 4.79 Å². The van der Waals surface area contributed by atoms with Crippen molar-refractivity contribution in [1.29, 1.82) is 0 Å². The highest BCUT2D eigenvalue weighted by Crippen LogP contribution is 2.21. The van der Waals surface area contributed by atoms with Gasteiger partial charge in [-0.3, -0.25) is 4.79 Å². The van der Waals surface area contributed by atoms with Gasteiger partial charge in [-0.1, -0.05) is 18.1 Å². The molecule has 114 valence electrons. The van der Waals surface area contributed by atoms with Crippen LogP contribution in [0.25, 0.3) is 10.7 Å². The van der Waals surface area contributed by atoms with Crippen LogP contribution in [0, 0.1) is 5.92 Å². The van der Waals surface area contributed by atoms with Gasteiger partial charge in [-0.05, 0) is 23.8 Å². The molecule has 0 aromatic carbocycles. The van der Waals surface area contributed by atoms with Crippen molar-refractivity contribution in [2.24, 2.45) is 5.92 Å². The van der Waals surface area contributed by atoms with E-state index in [0.29, 0.717) is 37.5 Å². The molecule has 0 saturated heterocycles. The first kappa shape index (κ1) is 15.7. The normalized spacial score (nSPS) is 12.3. The maximum atomic E-state index is 11.6. The van der Waals surface area contributed by atoms with Crippen molar-refractivity contribution in [2.45, 2.75) is 26.2 Å². The van der Waals surface area contributed by atoms with Gasteiger partial charge in [0.25, 0.3) is 0 Å². The van der Waals surface area contributed by atoms with Crippen molar-refractivity contribution in [3.63, 3.8) is 0 Å². The van der Waals surface area contributed by atoms with Crippen LogP contribution in [-0.2, 0) is 11.2 Å². The summed E-state index contributed by atoms with van der Waals surface area (Å²) in [5.41, 5.74) is 0. The second kappa shape index (κ2) is 7.90. The SMILES string of the molecule is CC(CO)CNC(=O)CCCc1nc(-c2cccs2)no1. The fourth-order valence-corrected chi connectivity index (χ4v) is 2.35. The Morgan fingerprint density at radius 1 is 1.57 bits per heavy atom. The number of rotatable bonds is 8. The fourth-order valence-electron chi connectivity index (χ4n) is 1.70. The minimum Gasteiger partial charge on any atom is -0.396 e. The topological polar surface area (TPSA) is 88.2 Å². The number of nitrogens with zero attached hydrogens (tertiary/aromatic N) is 2. The first-order chi connectivity index (χ1) is 10.2. The molecule has 2 aromatic rings. The molecule has 7 heteroatoms. The molecular formula is C14H19N3O3S. The van der Waals surface area contributed by atoms with Gasteiger partial charge in [-0.15, -0.1) is 11.3 Å². The molecule has 0 spiro atoms. The summed E-state index contributed by atoms with van der Waals surface area (Å²) in [6, 6.07) is 3.88. The highest BCUT2D eigenvalue weighted by Gasteiger charge is 2.10. The van der Waals surface area contributed by atoms with Crippen LogP contribution in [0.1, 0.15) is 25.7 Å². The lowest BCUT2D eigenvalue weighted by Crippen LogP contribution is -2.29. The van der Waals surface area contributed by atoms with Gasteiger partial charge in [0.15, 0.2) is 0 Å². The third-order valence-electron chi connectivity index (χ3n) is 2.96. The first-order valence-electron chi connectivity index (χ1n) is 6.93. The molecule has 2 aromatic heterocycles. The average Bonchev–Trinajstić information content (AvgIpc) is 3.15. The number of aliphatic hydroxyl groups excluding tert-OH is 1. The molecule has 1 atom stereocenters. The van der Waals surface area contributed by atoms with E-state index in [1.807, 2.05) is 24.4 Å². The standard InChI is InChI=1S/C14H19N3O3S/c1-10(9-18)8-15-12(19)5-2-6-13-16-14(17-20-13)11-4-3-7-21-11/h3-4,7,10,18H,2,5-6,8-9H2,1H3,(H,15,19). The molecule has 6 nitrogen and oxygen atoms in total. The minimum absolute atomic E-state index is 0.0201. The summed E-state index contributed by atoms with van der Waals surface area (Å²) in [6.07, 6.45) is 1.65. The summed E-state index contributed by atoms with van der Waals surface area (Å²) in [5, 5.41) is 17.5. The van der Waals surface area contributed by atoms with Gasteiger partial charge in [0.05, 0.1) is 4.88 Å². The first-order valence-corrected chi connectivity index (χ1v) is 7.81. The smallest absolute Gasteiger partial charge is 0.226 e. The number of amides is 1. The van der Waals surface area contributed by atoms with Crippen molar-refractivity contribution in [2.75, 3.05) is 13.2 Å². The van der Waals surface area contributed by atoms with Gasteiger partial charge in [0, 0.05) is 26.0 Å². The van der Waals surface area contributed by atoms with Crippen LogP contribution in [0.4, 0.5) is 0 Å². The van der Waals surface area contributed by atoms with Gasteiger partial charge in [0.2, 0.25) is 17.6 Å². The molecule has 2 heterocycles. The molecule has 0 radical (unpaired) electrons. The molecule has 2 N–H and O–H groups in total. The molecule has 0 fully saturated rings. The summed E-state index contributed by atoms with van der Waals surface area (Å²) in [5.74, 6) is 1.21. The quantitative estimate of drug-likeness (QED) is 0.777. The van der Waals surface area contributed by atoms with E-state index in [1.54, 1.807) is 11.3 Å². The third-order valence-corrected chi connectivity index (χ3v) is 3.83. The second-order valence-corrected chi connectivity index (χ2v) is 5.88. The van der Waals surface area contributed by atoms with Crippen LogP contribution in [0.15, 0.2) is 22.0 Å². The summed E-state index contributed by atoms with van der Waals surface area (Å²) in [4.78, 5) is 16.9. The van der Waals surface area contributed by atoms with E-state index in [-0.39, 0.29) is 18.4 Å². The molecule has 21 heavy (non-hydrogen) atoms. The number of carbonyl (C=O) groups is 1. The van der Waals surface area contributed by atoms with Crippen LogP contribution >= 0.6 is 11.3 Å². The zero-order chi connectivity index (χ0) is 15.1. The molecule has 0 saturated carbocycles.